The summed E-state index contributed by atoms with van der Waals surface area (Å²) < 4.78 is 13.2. The van der Waals surface area contributed by atoms with Gasteiger partial charge in [0.05, 0.1) is 6.54 Å². The van der Waals surface area contributed by atoms with Crippen LogP contribution < -0.4 is 10.6 Å². The van der Waals surface area contributed by atoms with Gasteiger partial charge >= 0.3 is 0 Å². The van der Waals surface area contributed by atoms with E-state index in [1.165, 1.54) is 11.3 Å². The Morgan fingerprint density at radius 2 is 2.20 bits per heavy atom. The van der Waals surface area contributed by atoms with Crippen molar-refractivity contribution in [2.45, 2.75) is 19.0 Å². The molecular weight excluding hydrogens is 191 g/mol. The number of rotatable bonds is 3. The Morgan fingerprint density at radius 3 is 3.00 bits per heavy atom. The number of hydrogen-bond donors (Lipinski definition) is 1. The van der Waals surface area contributed by atoms with Crippen molar-refractivity contribution in [1.82, 2.24) is 0 Å². The number of fused-ring (bicyclic) bond motifs is 1. The van der Waals surface area contributed by atoms with Crippen LogP contribution in [0.3, 0.4) is 0 Å². The molecule has 0 spiro atoms. The molecule has 2 nitrogen and oxygen atoms in total. The van der Waals surface area contributed by atoms with Crippen molar-refractivity contribution in [2.24, 2.45) is 5.73 Å². The van der Waals surface area contributed by atoms with Crippen molar-refractivity contribution in [1.29, 1.82) is 0 Å². The number of benzene rings is 1. The highest BCUT2D eigenvalue weighted by Crippen LogP contribution is 2.26. The largest absolute Gasteiger partial charge is 0.368 e. The third-order valence-electron chi connectivity index (χ3n) is 2.88. The molecule has 1 aliphatic rings. The Bertz CT molecular complexity index is 327. The van der Waals surface area contributed by atoms with Crippen LogP contribution in [0.5, 0.6) is 0 Å². The predicted molar refractivity (Wildman–Crippen MR) is 60.9 cm³/mol. The van der Waals surface area contributed by atoms with Crippen molar-refractivity contribution in [3.05, 3.63) is 29.8 Å². The monoisotopic (exact) mass is 208 g/mol. The molecule has 2 N–H and O–H groups in total. The molecule has 0 saturated carbocycles. The van der Waals surface area contributed by atoms with Gasteiger partial charge in [0.1, 0.15) is 6.17 Å². The molecule has 1 atom stereocenters. The molecule has 1 unspecified atom stereocenters. The summed E-state index contributed by atoms with van der Waals surface area (Å²) in [5.74, 6) is 0. The molecule has 0 amide bonds. The maximum absolute atomic E-state index is 13.2. The zero-order valence-corrected chi connectivity index (χ0v) is 8.82. The summed E-state index contributed by atoms with van der Waals surface area (Å²) in [5.41, 5.74) is 7.81. The Hall–Kier alpha value is -1.09. The number of nitrogens with zero attached hydrogens (tertiary/aromatic N) is 1. The van der Waals surface area contributed by atoms with E-state index in [1.807, 2.05) is 12.1 Å². The van der Waals surface area contributed by atoms with E-state index in [9.17, 15) is 4.39 Å². The molecule has 15 heavy (non-hydrogen) atoms. The maximum atomic E-state index is 13.2. The lowest BCUT2D eigenvalue weighted by Crippen LogP contribution is -2.37. The van der Waals surface area contributed by atoms with Crippen LogP contribution >= 0.6 is 0 Å². The van der Waals surface area contributed by atoms with E-state index in [0.29, 0.717) is 6.54 Å². The fourth-order valence-corrected chi connectivity index (χ4v) is 2.11. The topological polar surface area (TPSA) is 29.3 Å². The zero-order valence-electron chi connectivity index (χ0n) is 8.82. The van der Waals surface area contributed by atoms with Gasteiger partial charge in [-0.2, -0.15) is 0 Å². The second kappa shape index (κ2) is 4.62. The number of anilines is 1. The van der Waals surface area contributed by atoms with Gasteiger partial charge in [-0.3, -0.25) is 0 Å². The number of aryl methyl sites for hydroxylation is 1. The average Bonchev–Trinajstić information content (AvgIpc) is 2.29. The highest BCUT2D eigenvalue weighted by molar-refractivity contribution is 5.55. The third-order valence-corrected chi connectivity index (χ3v) is 2.88. The SMILES string of the molecule is NCC(F)CN1CCCc2ccccc21. The van der Waals surface area contributed by atoms with Gasteiger partial charge in [0.15, 0.2) is 0 Å². The molecule has 3 heteroatoms. The Balaban J connectivity index is 2.15. The van der Waals surface area contributed by atoms with Gasteiger partial charge in [0.25, 0.3) is 0 Å². The van der Waals surface area contributed by atoms with Gasteiger partial charge < -0.3 is 10.6 Å². The molecule has 0 aliphatic carbocycles. The van der Waals surface area contributed by atoms with Crippen LogP contribution in [0, 0.1) is 0 Å². The normalized spacial score (nSPS) is 17.3. The summed E-state index contributed by atoms with van der Waals surface area (Å²) in [6, 6.07) is 8.24. The molecule has 1 aromatic carbocycles. The van der Waals surface area contributed by atoms with E-state index in [0.717, 1.165) is 19.4 Å². The van der Waals surface area contributed by atoms with Crippen LogP contribution in [-0.4, -0.2) is 25.8 Å². The second-order valence-corrected chi connectivity index (χ2v) is 4.01. The maximum Gasteiger partial charge on any atom is 0.130 e. The summed E-state index contributed by atoms with van der Waals surface area (Å²) >= 11 is 0. The fraction of sp³-hybridized carbons (Fsp3) is 0.500. The molecule has 0 saturated heterocycles. The quantitative estimate of drug-likeness (QED) is 0.819. The second-order valence-electron chi connectivity index (χ2n) is 4.01. The van der Waals surface area contributed by atoms with E-state index >= 15 is 0 Å². The van der Waals surface area contributed by atoms with Crippen molar-refractivity contribution in [2.75, 3.05) is 24.5 Å². The van der Waals surface area contributed by atoms with Crippen LogP contribution in [0.1, 0.15) is 12.0 Å². The number of halogens is 1. The lowest BCUT2D eigenvalue weighted by Gasteiger charge is -2.32. The van der Waals surface area contributed by atoms with Gasteiger partial charge in [0, 0.05) is 18.8 Å². The van der Waals surface area contributed by atoms with Crippen molar-refractivity contribution in [3.63, 3.8) is 0 Å². The van der Waals surface area contributed by atoms with Gasteiger partial charge in [0.2, 0.25) is 0 Å². The fourth-order valence-electron chi connectivity index (χ4n) is 2.11. The predicted octanol–water partition coefficient (Wildman–Crippen LogP) is 1.74. The lowest BCUT2D eigenvalue weighted by molar-refractivity contribution is 0.340. The highest BCUT2D eigenvalue weighted by Gasteiger charge is 2.18. The number of nitrogens with two attached hydrogens (primary N) is 1. The average molecular weight is 208 g/mol. The lowest BCUT2D eigenvalue weighted by atomic mass is 10.0. The van der Waals surface area contributed by atoms with Crippen molar-refractivity contribution >= 4 is 5.69 Å². The first-order chi connectivity index (χ1) is 7.31. The highest BCUT2D eigenvalue weighted by atomic mass is 19.1. The van der Waals surface area contributed by atoms with Crippen LogP contribution in [0.15, 0.2) is 24.3 Å². The van der Waals surface area contributed by atoms with Crippen LogP contribution in [0.2, 0.25) is 0 Å². The first kappa shape index (κ1) is 10.4. The number of para-hydroxylation sites is 1. The van der Waals surface area contributed by atoms with Gasteiger partial charge in [-0.1, -0.05) is 18.2 Å². The molecule has 1 aromatic rings. The zero-order chi connectivity index (χ0) is 10.7. The smallest absolute Gasteiger partial charge is 0.130 e. The molecule has 1 aliphatic heterocycles. The number of alkyl halides is 1. The van der Waals surface area contributed by atoms with Crippen LogP contribution in [-0.2, 0) is 6.42 Å². The molecule has 82 valence electrons. The Kier molecular flexibility index (Phi) is 3.21. The molecule has 0 bridgehead atoms. The molecule has 0 fully saturated rings. The number of hydrogen-bond acceptors (Lipinski definition) is 2. The molecule has 0 radical (unpaired) electrons. The van der Waals surface area contributed by atoms with E-state index in [-0.39, 0.29) is 6.54 Å². The molecule has 0 aromatic heterocycles. The Labute approximate surface area is 89.9 Å². The van der Waals surface area contributed by atoms with E-state index in [2.05, 4.69) is 17.0 Å². The molecule has 1 heterocycles. The minimum Gasteiger partial charge on any atom is -0.368 e. The van der Waals surface area contributed by atoms with Gasteiger partial charge in [-0.05, 0) is 24.5 Å². The van der Waals surface area contributed by atoms with E-state index < -0.39 is 6.17 Å². The standard InChI is InChI=1S/C12H17FN2/c13-11(8-14)9-15-7-3-5-10-4-1-2-6-12(10)15/h1-2,4,6,11H,3,5,7-9,14H2. The van der Waals surface area contributed by atoms with Crippen LogP contribution in [0.25, 0.3) is 0 Å². The first-order valence-corrected chi connectivity index (χ1v) is 5.48. The van der Waals surface area contributed by atoms with E-state index in [1.54, 1.807) is 0 Å². The minimum absolute atomic E-state index is 0.110. The first-order valence-electron chi connectivity index (χ1n) is 5.48. The van der Waals surface area contributed by atoms with Crippen molar-refractivity contribution < 1.29 is 4.39 Å². The molecule has 2 rings (SSSR count). The third kappa shape index (κ3) is 2.29. The van der Waals surface area contributed by atoms with E-state index in [4.69, 9.17) is 5.73 Å². The minimum atomic E-state index is -0.920. The molecular formula is C12H17FN2. The summed E-state index contributed by atoms with van der Waals surface area (Å²) in [6.45, 7) is 1.48. The summed E-state index contributed by atoms with van der Waals surface area (Å²) in [7, 11) is 0. The van der Waals surface area contributed by atoms with Gasteiger partial charge in [-0.15, -0.1) is 0 Å². The summed E-state index contributed by atoms with van der Waals surface area (Å²) in [6.07, 6.45) is 1.29. The van der Waals surface area contributed by atoms with Crippen molar-refractivity contribution in [3.8, 4) is 0 Å². The Morgan fingerprint density at radius 1 is 1.40 bits per heavy atom. The summed E-state index contributed by atoms with van der Waals surface area (Å²) in [4.78, 5) is 2.11. The van der Waals surface area contributed by atoms with Crippen LogP contribution in [0.4, 0.5) is 10.1 Å². The summed E-state index contributed by atoms with van der Waals surface area (Å²) in [5, 5.41) is 0. The van der Waals surface area contributed by atoms with Gasteiger partial charge in [-0.25, -0.2) is 4.39 Å².